The van der Waals surface area contributed by atoms with E-state index in [1.807, 2.05) is 0 Å². The molecule has 1 saturated carbocycles. The molecular weight excluding hydrogens is 436 g/mol. The molecule has 0 unspecified atom stereocenters. The van der Waals surface area contributed by atoms with E-state index in [2.05, 4.69) is 30.8 Å². The van der Waals surface area contributed by atoms with Crippen LogP contribution in [0, 0.1) is 0 Å². The molecule has 4 aromatic heterocycles. The second-order valence-electron chi connectivity index (χ2n) is 8.20. The Hall–Kier alpha value is -4.32. The molecule has 0 bridgehead atoms. The predicted octanol–water partition coefficient (Wildman–Crippen LogP) is 1.34. The number of fused-ring (bicyclic) bond motifs is 1. The summed E-state index contributed by atoms with van der Waals surface area (Å²) in [6.45, 7) is 0. The Balaban J connectivity index is 1.41. The molecule has 0 aliphatic heterocycles. The van der Waals surface area contributed by atoms with Gasteiger partial charge in [0.25, 0.3) is 11.8 Å². The Morgan fingerprint density at radius 2 is 2.00 bits per heavy atom. The molecule has 6 N–H and O–H groups in total. The molecule has 0 aromatic carbocycles. The quantitative estimate of drug-likeness (QED) is 0.334. The number of anilines is 2. The molecule has 0 radical (unpaired) electrons. The maximum absolute atomic E-state index is 13.1. The van der Waals surface area contributed by atoms with E-state index in [9.17, 15) is 9.59 Å². The SMILES string of the molecule is NC(=O)c1nn(-c2cccnc2)cc1NC(=O)c1cnn2ccc(N[C@@H]3CCCC[C@@H]3N)nc12. The van der Waals surface area contributed by atoms with Crippen molar-refractivity contribution < 1.29 is 9.59 Å². The van der Waals surface area contributed by atoms with E-state index < -0.39 is 11.8 Å². The molecule has 1 fully saturated rings. The molecule has 0 saturated heterocycles. The minimum atomic E-state index is -0.772. The zero-order chi connectivity index (χ0) is 23.7. The second kappa shape index (κ2) is 8.90. The summed E-state index contributed by atoms with van der Waals surface area (Å²) in [5.41, 5.74) is 13.0. The lowest BCUT2D eigenvalue weighted by atomic mass is 9.91. The highest BCUT2D eigenvalue weighted by atomic mass is 16.2. The molecule has 12 heteroatoms. The van der Waals surface area contributed by atoms with E-state index in [0.29, 0.717) is 17.2 Å². The lowest BCUT2D eigenvalue weighted by Crippen LogP contribution is -2.42. The standard InChI is InChI=1S/C22H24N10O2/c23-15-5-1-2-6-16(15)27-18-7-9-31-21(29-18)14(11-26-31)22(34)28-17-12-32(30-19(17)20(24)33)13-4-3-8-25-10-13/h3-4,7-12,15-16H,1-2,5-6,23H2,(H2,24,33)(H,27,29)(H,28,34)/t15-,16+/m0/s1. The van der Waals surface area contributed by atoms with Gasteiger partial charge in [-0.3, -0.25) is 14.6 Å². The molecule has 34 heavy (non-hydrogen) atoms. The van der Waals surface area contributed by atoms with Crippen molar-refractivity contribution in [3.63, 3.8) is 0 Å². The van der Waals surface area contributed by atoms with Gasteiger partial charge in [-0.2, -0.15) is 10.2 Å². The molecule has 1 aliphatic carbocycles. The summed E-state index contributed by atoms with van der Waals surface area (Å²) in [4.78, 5) is 33.7. The molecule has 12 nitrogen and oxygen atoms in total. The third kappa shape index (κ3) is 4.18. The highest BCUT2D eigenvalue weighted by Gasteiger charge is 2.23. The smallest absolute Gasteiger partial charge is 0.271 e. The van der Waals surface area contributed by atoms with E-state index in [4.69, 9.17) is 11.5 Å². The number of nitrogens with one attached hydrogen (secondary N) is 2. The summed E-state index contributed by atoms with van der Waals surface area (Å²) >= 11 is 0. The van der Waals surface area contributed by atoms with Gasteiger partial charge in [-0.15, -0.1) is 0 Å². The molecule has 0 spiro atoms. The summed E-state index contributed by atoms with van der Waals surface area (Å²) in [5.74, 6) is -0.653. The zero-order valence-electron chi connectivity index (χ0n) is 18.3. The maximum Gasteiger partial charge on any atom is 0.271 e. The molecule has 4 heterocycles. The molecule has 1 aliphatic rings. The van der Waals surface area contributed by atoms with Crippen LogP contribution in [0.4, 0.5) is 11.5 Å². The van der Waals surface area contributed by atoms with Gasteiger partial charge in [-0.25, -0.2) is 14.2 Å². The number of pyridine rings is 1. The van der Waals surface area contributed by atoms with E-state index in [-0.39, 0.29) is 29.0 Å². The third-order valence-corrected chi connectivity index (χ3v) is 5.87. The highest BCUT2D eigenvalue weighted by Crippen LogP contribution is 2.22. The first-order chi connectivity index (χ1) is 16.5. The van der Waals surface area contributed by atoms with Gasteiger partial charge in [0.05, 0.1) is 30.0 Å². The topological polar surface area (TPSA) is 171 Å². The zero-order valence-corrected chi connectivity index (χ0v) is 18.3. The van der Waals surface area contributed by atoms with Crippen molar-refractivity contribution in [1.82, 2.24) is 29.4 Å². The van der Waals surface area contributed by atoms with Crippen molar-refractivity contribution >= 4 is 29.0 Å². The Kier molecular flexibility index (Phi) is 5.64. The van der Waals surface area contributed by atoms with Crippen LogP contribution in [0.25, 0.3) is 11.3 Å². The van der Waals surface area contributed by atoms with Gasteiger partial charge in [0.1, 0.15) is 11.4 Å². The van der Waals surface area contributed by atoms with Gasteiger partial charge in [0, 0.05) is 24.5 Å². The molecule has 2 atom stereocenters. The van der Waals surface area contributed by atoms with Crippen molar-refractivity contribution in [2.75, 3.05) is 10.6 Å². The Morgan fingerprint density at radius 1 is 1.15 bits per heavy atom. The minimum Gasteiger partial charge on any atom is -0.366 e. The number of nitrogens with zero attached hydrogens (tertiary/aromatic N) is 6. The monoisotopic (exact) mass is 460 g/mol. The van der Waals surface area contributed by atoms with Crippen LogP contribution >= 0.6 is 0 Å². The maximum atomic E-state index is 13.1. The Labute approximate surface area is 194 Å². The lowest BCUT2D eigenvalue weighted by Gasteiger charge is -2.29. The first kappa shape index (κ1) is 21.5. The van der Waals surface area contributed by atoms with Gasteiger partial charge in [0.2, 0.25) is 0 Å². The fraction of sp³-hybridized carbons (Fsp3) is 0.273. The van der Waals surface area contributed by atoms with Crippen LogP contribution in [-0.2, 0) is 0 Å². The van der Waals surface area contributed by atoms with Crippen molar-refractivity contribution in [3.8, 4) is 5.69 Å². The number of aromatic nitrogens is 6. The number of carbonyl (C=O) groups is 2. The molecular formula is C22H24N10O2. The van der Waals surface area contributed by atoms with Crippen LogP contribution in [0.2, 0.25) is 0 Å². The second-order valence-corrected chi connectivity index (χ2v) is 8.20. The average molecular weight is 461 g/mol. The minimum absolute atomic E-state index is 0.0584. The fourth-order valence-corrected chi connectivity index (χ4v) is 4.10. The summed E-state index contributed by atoms with van der Waals surface area (Å²) in [6.07, 6.45) is 12.0. The summed E-state index contributed by atoms with van der Waals surface area (Å²) in [6, 6.07) is 5.48. The van der Waals surface area contributed by atoms with Crippen molar-refractivity contribution in [2.45, 2.75) is 37.8 Å². The van der Waals surface area contributed by atoms with Gasteiger partial charge in [0.15, 0.2) is 11.3 Å². The summed E-state index contributed by atoms with van der Waals surface area (Å²) in [5, 5.41) is 14.5. The molecule has 4 aromatic rings. The van der Waals surface area contributed by atoms with Crippen molar-refractivity contribution in [3.05, 3.63) is 60.4 Å². The first-order valence-electron chi connectivity index (χ1n) is 11.0. The van der Waals surface area contributed by atoms with E-state index >= 15 is 0 Å². The number of rotatable bonds is 6. The van der Waals surface area contributed by atoms with Crippen LogP contribution < -0.4 is 22.1 Å². The van der Waals surface area contributed by atoms with Gasteiger partial charge in [-0.1, -0.05) is 12.8 Å². The van der Waals surface area contributed by atoms with E-state index in [0.717, 1.165) is 25.7 Å². The normalized spacial score (nSPS) is 18.0. The number of carbonyl (C=O) groups excluding carboxylic acids is 2. The van der Waals surface area contributed by atoms with Gasteiger partial charge >= 0.3 is 0 Å². The molecule has 174 valence electrons. The van der Waals surface area contributed by atoms with Crippen LogP contribution in [-0.4, -0.2) is 53.3 Å². The number of hydrogen-bond donors (Lipinski definition) is 4. The average Bonchev–Trinajstić information content (AvgIpc) is 3.45. The van der Waals surface area contributed by atoms with E-state index in [1.54, 1.807) is 36.8 Å². The van der Waals surface area contributed by atoms with Crippen molar-refractivity contribution in [1.29, 1.82) is 0 Å². The highest BCUT2D eigenvalue weighted by molar-refractivity contribution is 6.10. The van der Waals surface area contributed by atoms with Crippen LogP contribution in [0.3, 0.4) is 0 Å². The largest absolute Gasteiger partial charge is 0.366 e. The van der Waals surface area contributed by atoms with Crippen LogP contribution in [0.5, 0.6) is 0 Å². The van der Waals surface area contributed by atoms with Crippen LogP contribution in [0.15, 0.2) is 49.2 Å². The number of amides is 2. The summed E-state index contributed by atoms with van der Waals surface area (Å²) in [7, 11) is 0. The lowest BCUT2D eigenvalue weighted by molar-refractivity contribution is 0.0996. The fourth-order valence-electron chi connectivity index (χ4n) is 4.10. The first-order valence-corrected chi connectivity index (χ1v) is 11.0. The van der Waals surface area contributed by atoms with Crippen molar-refractivity contribution in [2.24, 2.45) is 11.5 Å². The Bertz CT molecular complexity index is 1350. The molecule has 5 rings (SSSR count). The predicted molar refractivity (Wildman–Crippen MR) is 125 cm³/mol. The van der Waals surface area contributed by atoms with E-state index in [1.165, 1.54) is 21.6 Å². The van der Waals surface area contributed by atoms with Gasteiger partial charge in [-0.05, 0) is 31.0 Å². The Morgan fingerprint density at radius 3 is 2.76 bits per heavy atom. The number of primary amides is 1. The third-order valence-electron chi connectivity index (χ3n) is 5.87. The summed E-state index contributed by atoms with van der Waals surface area (Å²) < 4.78 is 2.93. The molecule has 2 amide bonds. The number of nitrogens with two attached hydrogens (primary N) is 2. The van der Waals surface area contributed by atoms with Gasteiger partial charge < -0.3 is 22.1 Å². The number of hydrogen-bond acceptors (Lipinski definition) is 8. The van der Waals surface area contributed by atoms with Crippen LogP contribution in [0.1, 0.15) is 46.5 Å².